The molecule has 0 aliphatic rings. The molecule has 0 spiro atoms. The second-order valence-electron chi connectivity index (χ2n) is 4.61. The third-order valence-corrected chi connectivity index (χ3v) is 2.71. The van der Waals surface area contributed by atoms with E-state index >= 15 is 0 Å². The number of carbonyl (C=O) groups excluding carboxylic acids is 1. The summed E-state index contributed by atoms with van der Waals surface area (Å²) < 4.78 is 0. The first-order chi connectivity index (χ1) is 8.16. The van der Waals surface area contributed by atoms with Crippen molar-refractivity contribution in [2.75, 3.05) is 6.54 Å². The fourth-order valence-electron chi connectivity index (χ4n) is 1.65. The van der Waals surface area contributed by atoms with Crippen LogP contribution >= 0.6 is 0 Å². The fraction of sp³-hybridized carbons (Fsp3) is 0.385. The van der Waals surface area contributed by atoms with Gasteiger partial charge in [0.2, 0.25) is 0 Å². The van der Waals surface area contributed by atoms with Gasteiger partial charge in [-0.1, -0.05) is 19.9 Å². The van der Waals surface area contributed by atoms with Gasteiger partial charge >= 0.3 is 0 Å². The Morgan fingerprint density at radius 2 is 2.29 bits per heavy atom. The van der Waals surface area contributed by atoms with Crippen LogP contribution in [-0.2, 0) is 0 Å². The van der Waals surface area contributed by atoms with Gasteiger partial charge in [0.1, 0.15) is 0 Å². The van der Waals surface area contributed by atoms with Crippen molar-refractivity contribution in [1.29, 1.82) is 0 Å². The van der Waals surface area contributed by atoms with Crippen molar-refractivity contribution in [3.05, 3.63) is 30.0 Å². The number of hydrogen-bond donors (Lipinski definition) is 2. The van der Waals surface area contributed by atoms with E-state index in [1.54, 1.807) is 6.20 Å². The monoisotopic (exact) mass is 231 g/mol. The summed E-state index contributed by atoms with van der Waals surface area (Å²) in [5.41, 5.74) is 1.56. The molecule has 0 saturated carbocycles. The molecule has 17 heavy (non-hydrogen) atoms. The minimum atomic E-state index is -0.0258. The van der Waals surface area contributed by atoms with Crippen molar-refractivity contribution in [3.63, 3.8) is 0 Å². The zero-order valence-electron chi connectivity index (χ0n) is 10.2. The molecule has 1 aromatic heterocycles. The first-order valence-electron chi connectivity index (χ1n) is 5.88. The summed E-state index contributed by atoms with van der Waals surface area (Å²) in [5, 5.41) is 10.7. The third-order valence-electron chi connectivity index (χ3n) is 2.71. The lowest BCUT2D eigenvalue weighted by Gasteiger charge is -2.07. The Hall–Kier alpha value is -1.84. The number of aromatic amines is 1. The molecule has 4 heteroatoms. The molecule has 90 valence electrons. The van der Waals surface area contributed by atoms with Crippen LogP contribution in [0, 0.1) is 5.92 Å². The highest BCUT2D eigenvalue weighted by Gasteiger charge is 2.06. The van der Waals surface area contributed by atoms with Crippen LogP contribution in [0.5, 0.6) is 0 Å². The van der Waals surface area contributed by atoms with Crippen molar-refractivity contribution < 1.29 is 4.79 Å². The highest BCUT2D eigenvalue weighted by Crippen LogP contribution is 2.12. The second-order valence-corrected chi connectivity index (χ2v) is 4.61. The van der Waals surface area contributed by atoms with Gasteiger partial charge in [0, 0.05) is 17.5 Å². The van der Waals surface area contributed by atoms with Crippen LogP contribution < -0.4 is 5.32 Å². The van der Waals surface area contributed by atoms with Crippen LogP contribution in [0.2, 0.25) is 0 Å². The van der Waals surface area contributed by atoms with Crippen molar-refractivity contribution in [1.82, 2.24) is 15.5 Å². The Kier molecular flexibility index (Phi) is 3.42. The van der Waals surface area contributed by atoms with E-state index in [9.17, 15) is 4.79 Å². The number of amides is 1. The SMILES string of the molecule is CC(C)CCNC(=O)c1ccc2cn[nH]c2c1. The number of H-pyrrole nitrogens is 1. The molecular weight excluding hydrogens is 214 g/mol. The predicted octanol–water partition coefficient (Wildman–Crippen LogP) is 2.34. The second kappa shape index (κ2) is 4.99. The minimum Gasteiger partial charge on any atom is -0.352 e. The summed E-state index contributed by atoms with van der Waals surface area (Å²) in [5.74, 6) is 0.576. The molecular formula is C13H17N3O. The van der Waals surface area contributed by atoms with Crippen LogP contribution in [0.4, 0.5) is 0 Å². The maximum Gasteiger partial charge on any atom is 0.251 e. The van der Waals surface area contributed by atoms with Crippen molar-refractivity contribution >= 4 is 16.8 Å². The van der Waals surface area contributed by atoms with Gasteiger partial charge in [-0.3, -0.25) is 9.89 Å². The molecule has 0 unspecified atom stereocenters. The average molecular weight is 231 g/mol. The molecule has 2 aromatic rings. The maximum atomic E-state index is 11.8. The number of nitrogens with zero attached hydrogens (tertiary/aromatic N) is 1. The lowest BCUT2D eigenvalue weighted by atomic mass is 10.1. The van der Waals surface area contributed by atoms with Crippen molar-refractivity contribution in [2.45, 2.75) is 20.3 Å². The third kappa shape index (κ3) is 2.84. The Morgan fingerprint density at radius 1 is 1.47 bits per heavy atom. The number of fused-ring (bicyclic) bond motifs is 1. The molecule has 0 saturated heterocycles. The Labute approximate surface area is 100 Å². The Bertz CT molecular complexity index is 516. The number of hydrogen-bond acceptors (Lipinski definition) is 2. The van der Waals surface area contributed by atoms with Gasteiger partial charge in [0.25, 0.3) is 5.91 Å². The van der Waals surface area contributed by atoms with Crippen molar-refractivity contribution in [3.8, 4) is 0 Å². The van der Waals surface area contributed by atoms with Crippen molar-refractivity contribution in [2.24, 2.45) is 5.92 Å². The van der Waals surface area contributed by atoms with Gasteiger partial charge in [-0.2, -0.15) is 5.10 Å². The maximum absolute atomic E-state index is 11.8. The van der Waals surface area contributed by atoms with E-state index in [-0.39, 0.29) is 5.91 Å². The first-order valence-corrected chi connectivity index (χ1v) is 5.88. The molecule has 0 aliphatic heterocycles. The van der Waals surface area contributed by atoms with Gasteiger partial charge in [-0.05, 0) is 24.5 Å². The molecule has 2 rings (SSSR count). The minimum absolute atomic E-state index is 0.0258. The van der Waals surface area contributed by atoms with Gasteiger partial charge in [-0.25, -0.2) is 0 Å². The summed E-state index contributed by atoms with van der Waals surface area (Å²) in [7, 11) is 0. The summed E-state index contributed by atoms with van der Waals surface area (Å²) in [6.45, 7) is 5.00. The van der Waals surface area contributed by atoms with E-state index in [2.05, 4.69) is 29.4 Å². The lowest BCUT2D eigenvalue weighted by Crippen LogP contribution is -2.25. The zero-order valence-corrected chi connectivity index (χ0v) is 10.2. The van der Waals surface area contributed by atoms with E-state index in [0.717, 1.165) is 23.9 Å². The van der Waals surface area contributed by atoms with Crippen LogP contribution in [0.1, 0.15) is 30.6 Å². The molecule has 1 heterocycles. The molecule has 2 N–H and O–H groups in total. The number of benzene rings is 1. The van der Waals surface area contributed by atoms with E-state index in [1.807, 2.05) is 18.2 Å². The normalized spacial score (nSPS) is 11.0. The van der Waals surface area contributed by atoms with Crippen LogP contribution in [0.25, 0.3) is 10.9 Å². The molecule has 1 amide bonds. The standard InChI is InChI=1S/C13H17N3O/c1-9(2)5-6-14-13(17)10-3-4-11-8-15-16-12(11)7-10/h3-4,7-9H,5-6H2,1-2H3,(H,14,17)(H,15,16). The fourth-order valence-corrected chi connectivity index (χ4v) is 1.65. The van der Waals surface area contributed by atoms with Gasteiger partial charge in [0.15, 0.2) is 0 Å². The topological polar surface area (TPSA) is 57.8 Å². The van der Waals surface area contributed by atoms with Gasteiger partial charge < -0.3 is 5.32 Å². The Balaban J connectivity index is 2.03. The van der Waals surface area contributed by atoms with E-state index in [0.29, 0.717) is 11.5 Å². The summed E-state index contributed by atoms with van der Waals surface area (Å²) in [6, 6.07) is 5.55. The van der Waals surface area contributed by atoms with Gasteiger partial charge in [-0.15, -0.1) is 0 Å². The predicted molar refractivity (Wildman–Crippen MR) is 67.9 cm³/mol. The molecule has 1 aromatic carbocycles. The van der Waals surface area contributed by atoms with Crippen LogP contribution in [-0.4, -0.2) is 22.6 Å². The van der Waals surface area contributed by atoms with Crippen LogP contribution in [0.15, 0.2) is 24.4 Å². The highest BCUT2D eigenvalue weighted by atomic mass is 16.1. The largest absolute Gasteiger partial charge is 0.352 e. The van der Waals surface area contributed by atoms with Crippen LogP contribution in [0.3, 0.4) is 0 Å². The highest BCUT2D eigenvalue weighted by molar-refractivity contribution is 5.97. The number of nitrogens with one attached hydrogen (secondary N) is 2. The smallest absolute Gasteiger partial charge is 0.251 e. The average Bonchev–Trinajstić information content (AvgIpc) is 2.75. The van der Waals surface area contributed by atoms with E-state index in [1.165, 1.54) is 0 Å². The summed E-state index contributed by atoms with van der Waals surface area (Å²) >= 11 is 0. The molecule has 4 nitrogen and oxygen atoms in total. The molecule has 0 aliphatic carbocycles. The number of rotatable bonds is 4. The number of aromatic nitrogens is 2. The molecule has 0 bridgehead atoms. The Morgan fingerprint density at radius 3 is 3.06 bits per heavy atom. The lowest BCUT2D eigenvalue weighted by molar-refractivity contribution is 0.0952. The number of carbonyl (C=O) groups is 1. The van der Waals surface area contributed by atoms with E-state index in [4.69, 9.17) is 0 Å². The first kappa shape index (κ1) is 11.6. The van der Waals surface area contributed by atoms with E-state index < -0.39 is 0 Å². The molecule has 0 fully saturated rings. The zero-order chi connectivity index (χ0) is 12.3. The molecule has 0 atom stereocenters. The van der Waals surface area contributed by atoms with Gasteiger partial charge in [0.05, 0.1) is 11.7 Å². The summed E-state index contributed by atoms with van der Waals surface area (Å²) in [4.78, 5) is 11.8. The quantitative estimate of drug-likeness (QED) is 0.848. The summed E-state index contributed by atoms with van der Waals surface area (Å²) in [6.07, 6.45) is 2.74. The molecule has 0 radical (unpaired) electrons.